The molecule has 3 heteroatoms. The average molecular weight is 203 g/mol. The highest BCUT2D eigenvalue weighted by molar-refractivity contribution is 5.73. The summed E-state index contributed by atoms with van der Waals surface area (Å²) in [6, 6.07) is 8.10. The Balaban J connectivity index is 2.08. The number of nitrogens with zero attached hydrogens (tertiary/aromatic N) is 3. The highest BCUT2D eigenvalue weighted by atomic mass is 15.4. The molecule has 0 saturated carbocycles. The van der Waals surface area contributed by atoms with Crippen molar-refractivity contribution >= 4 is 11.0 Å². The van der Waals surface area contributed by atoms with E-state index in [-0.39, 0.29) is 0 Å². The Kier molecular flexibility index (Phi) is 2.99. The summed E-state index contributed by atoms with van der Waals surface area (Å²) in [6.07, 6.45) is 2.42. The van der Waals surface area contributed by atoms with E-state index in [1.807, 2.05) is 22.9 Å². The summed E-state index contributed by atoms with van der Waals surface area (Å²) in [7, 11) is 0. The van der Waals surface area contributed by atoms with Gasteiger partial charge in [-0.05, 0) is 30.9 Å². The highest BCUT2D eigenvalue weighted by Gasteiger charge is 2.02. The number of fused-ring (bicyclic) bond motifs is 1. The van der Waals surface area contributed by atoms with E-state index in [9.17, 15) is 0 Å². The molecule has 0 aliphatic rings. The second-order valence-electron chi connectivity index (χ2n) is 4.34. The van der Waals surface area contributed by atoms with E-state index in [1.165, 1.54) is 12.8 Å². The van der Waals surface area contributed by atoms with E-state index >= 15 is 0 Å². The predicted molar refractivity (Wildman–Crippen MR) is 61.6 cm³/mol. The Morgan fingerprint density at radius 3 is 2.87 bits per heavy atom. The zero-order valence-corrected chi connectivity index (χ0v) is 9.35. The molecule has 1 aromatic heterocycles. The predicted octanol–water partition coefficient (Wildman–Crippen LogP) is 2.87. The van der Waals surface area contributed by atoms with Gasteiger partial charge in [-0.1, -0.05) is 31.2 Å². The van der Waals surface area contributed by atoms with Gasteiger partial charge in [0.05, 0.1) is 5.52 Å². The van der Waals surface area contributed by atoms with Gasteiger partial charge in [0, 0.05) is 6.54 Å². The minimum atomic E-state index is 0.764. The van der Waals surface area contributed by atoms with Crippen LogP contribution in [0.25, 0.3) is 11.0 Å². The fraction of sp³-hybridized carbons (Fsp3) is 0.500. The number of para-hydroxylation sites is 1. The van der Waals surface area contributed by atoms with Gasteiger partial charge in [-0.3, -0.25) is 0 Å². The number of hydrogen-bond acceptors (Lipinski definition) is 2. The molecule has 15 heavy (non-hydrogen) atoms. The second kappa shape index (κ2) is 4.43. The molecule has 1 aromatic carbocycles. The molecule has 0 atom stereocenters. The molecule has 0 N–H and O–H groups in total. The summed E-state index contributed by atoms with van der Waals surface area (Å²) in [4.78, 5) is 0. The third-order valence-electron chi connectivity index (χ3n) is 2.57. The fourth-order valence-electron chi connectivity index (χ4n) is 1.73. The van der Waals surface area contributed by atoms with Gasteiger partial charge >= 0.3 is 0 Å². The van der Waals surface area contributed by atoms with Gasteiger partial charge in [0.2, 0.25) is 0 Å². The summed E-state index contributed by atoms with van der Waals surface area (Å²) in [6.45, 7) is 5.47. The fourth-order valence-corrected chi connectivity index (χ4v) is 1.73. The number of aryl methyl sites for hydroxylation is 1. The summed E-state index contributed by atoms with van der Waals surface area (Å²) in [5.41, 5.74) is 2.13. The molecule has 0 spiro atoms. The lowest BCUT2D eigenvalue weighted by atomic mass is 10.1. The van der Waals surface area contributed by atoms with E-state index in [4.69, 9.17) is 0 Å². The molecule has 0 amide bonds. The molecule has 0 radical (unpaired) electrons. The average Bonchev–Trinajstić information content (AvgIpc) is 2.62. The maximum absolute atomic E-state index is 4.16. The Morgan fingerprint density at radius 1 is 1.27 bits per heavy atom. The normalized spacial score (nSPS) is 11.4. The largest absolute Gasteiger partial charge is 0.245 e. The maximum Gasteiger partial charge on any atom is 0.113 e. The van der Waals surface area contributed by atoms with Gasteiger partial charge in [-0.15, -0.1) is 5.10 Å². The molecule has 3 nitrogen and oxygen atoms in total. The monoisotopic (exact) mass is 203 g/mol. The lowest BCUT2D eigenvalue weighted by molar-refractivity contribution is 0.489. The van der Waals surface area contributed by atoms with Gasteiger partial charge < -0.3 is 0 Å². The van der Waals surface area contributed by atoms with Crippen LogP contribution in [0.15, 0.2) is 24.3 Å². The molecule has 0 aliphatic heterocycles. The first-order chi connectivity index (χ1) is 7.27. The first-order valence-corrected chi connectivity index (χ1v) is 5.55. The molecule has 80 valence electrons. The van der Waals surface area contributed by atoms with Crippen molar-refractivity contribution < 1.29 is 0 Å². The Labute approximate surface area is 90.1 Å². The molecule has 2 aromatic rings. The van der Waals surface area contributed by atoms with E-state index in [0.29, 0.717) is 0 Å². The molecule has 0 unspecified atom stereocenters. The van der Waals surface area contributed by atoms with E-state index in [0.717, 1.165) is 23.5 Å². The zero-order chi connectivity index (χ0) is 10.7. The molecular formula is C12H17N3. The quantitative estimate of drug-likeness (QED) is 0.765. The van der Waals surface area contributed by atoms with Crippen LogP contribution in [0.1, 0.15) is 26.7 Å². The Morgan fingerprint density at radius 2 is 2.07 bits per heavy atom. The van der Waals surface area contributed by atoms with Crippen molar-refractivity contribution in [3.8, 4) is 0 Å². The van der Waals surface area contributed by atoms with Crippen molar-refractivity contribution in [2.24, 2.45) is 5.92 Å². The van der Waals surface area contributed by atoms with Crippen LogP contribution in [-0.2, 0) is 6.54 Å². The van der Waals surface area contributed by atoms with E-state index in [1.54, 1.807) is 0 Å². The minimum Gasteiger partial charge on any atom is -0.245 e. The summed E-state index contributed by atoms with van der Waals surface area (Å²) in [5, 5.41) is 8.29. The van der Waals surface area contributed by atoms with Gasteiger partial charge in [0.15, 0.2) is 0 Å². The number of benzene rings is 1. The Bertz CT molecular complexity index is 431. The van der Waals surface area contributed by atoms with Crippen molar-refractivity contribution in [3.05, 3.63) is 24.3 Å². The van der Waals surface area contributed by atoms with Crippen LogP contribution in [0.5, 0.6) is 0 Å². The first kappa shape index (κ1) is 10.1. The van der Waals surface area contributed by atoms with E-state index < -0.39 is 0 Å². The molecule has 0 aliphatic carbocycles. The maximum atomic E-state index is 4.16. The van der Waals surface area contributed by atoms with Crippen LogP contribution < -0.4 is 0 Å². The van der Waals surface area contributed by atoms with Gasteiger partial charge in [-0.2, -0.15) is 0 Å². The van der Waals surface area contributed by atoms with Crippen molar-refractivity contribution in [1.29, 1.82) is 0 Å². The molecule has 0 bridgehead atoms. The molecular weight excluding hydrogens is 186 g/mol. The van der Waals surface area contributed by atoms with Crippen LogP contribution in [0, 0.1) is 5.92 Å². The van der Waals surface area contributed by atoms with Crippen molar-refractivity contribution in [1.82, 2.24) is 15.0 Å². The smallest absolute Gasteiger partial charge is 0.113 e. The van der Waals surface area contributed by atoms with Crippen molar-refractivity contribution in [3.63, 3.8) is 0 Å². The number of hydrogen-bond donors (Lipinski definition) is 0. The third-order valence-corrected chi connectivity index (χ3v) is 2.57. The molecule has 1 heterocycles. The molecule has 0 saturated heterocycles. The summed E-state index contributed by atoms with van der Waals surface area (Å²) >= 11 is 0. The third kappa shape index (κ3) is 2.35. The van der Waals surface area contributed by atoms with Gasteiger partial charge in [0.25, 0.3) is 0 Å². The van der Waals surface area contributed by atoms with Crippen LogP contribution in [0.2, 0.25) is 0 Å². The van der Waals surface area contributed by atoms with Crippen LogP contribution in [-0.4, -0.2) is 15.0 Å². The zero-order valence-electron chi connectivity index (χ0n) is 9.35. The van der Waals surface area contributed by atoms with E-state index in [2.05, 4.69) is 30.2 Å². The van der Waals surface area contributed by atoms with Crippen LogP contribution in [0.4, 0.5) is 0 Å². The van der Waals surface area contributed by atoms with Crippen LogP contribution >= 0.6 is 0 Å². The lowest BCUT2D eigenvalue weighted by Crippen LogP contribution is -2.01. The minimum absolute atomic E-state index is 0.764. The van der Waals surface area contributed by atoms with Crippen LogP contribution in [0.3, 0.4) is 0 Å². The van der Waals surface area contributed by atoms with Crippen molar-refractivity contribution in [2.45, 2.75) is 33.2 Å². The Hall–Kier alpha value is -1.38. The van der Waals surface area contributed by atoms with Gasteiger partial charge in [-0.25, -0.2) is 4.68 Å². The number of rotatable bonds is 4. The summed E-state index contributed by atoms with van der Waals surface area (Å²) in [5.74, 6) is 0.764. The van der Waals surface area contributed by atoms with Gasteiger partial charge in [0.1, 0.15) is 5.52 Å². The first-order valence-electron chi connectivity index (χ1n) is 5.55. The molecule has 0 fully saturated rings. The molecule has 2 rings (SSSR count). The SMILES string of the molecule is CC(C)CCCn1nnc2ccccc21. The lowest BCUT2D eigenvalue weighted by Gasteiger charge is -2.04. The summed E-state index contributed by atoms with van der Waals surface area (Å²) < 4.78 is 2.00. The number of aromatic nitrogens is 3. The topological polar surface area (TPSA) is 30.7 Å². The standard InChI is InChI=1S/C12H17N3/c1-10(2)6-5-9-15-12-8-4-3-7-11(12)13-14-15/h3-4,7-8,10H,5-6,9H2,1-2H3. The highest BCUT2D eigenvalue weighted by Crippen LogP contribution is 2.11. The second-order valence-corrected chi connectivity index (χ2v) is 4.34. The van der Waals surface area contributed by atoms with Crippen molar-refractivity contribution in [2.75, 3.05) is 0 Å².